The third kappa shape index (κ3) is 1.09. The number of aromatic hydroxyl groups is 1. The molecule has 3 N–H and O–H groups in total. The van der Waals surface area contributed by atoms with E-state index >= 15 is 0 Å². The van der Waals surface area contributed by atoms with Crippen molar-refractivity contribution in [2.45, 2.75) is 49.3 Å². The van der Waals surface area contributed by atoms with Gasteiger partial charge in [-0.1, -0.05) is 6.07 Å². The highest BCUT2D eigenvalue weighted by Gasteiger charge is 2.64. The predicted molar refractivity (Wildman–Crippen MR) is 73.0 cm³/mol. The molecule has 2 aliphatic heterocycles. The fourth-order valence-corrected chi connectivity index (χ4v) is 5.43. The molecule has 0 radical (unpaired) electrons. The van der Waals surface area contributed by atoms with E-state index in [2.05, 4.69) is 5.32 Å². The fourth-order valence-electron chi connectivity index (χ4n) is 5.43. The van der Waals surface area contributed by atoms with E-state index in [1.54, 1.807) is 6.07 Å². The molecule has 0 aromatic heterocycles. The van der Waals surface area contributed by atoms with Gasteiger partial charge in [0.2, 0.25) is 0 Å². The first-order chi connectivity index (χ1) is 9.72. The number of hydrogen-bond acceptors (Lipinski definition) is 4. The summed E-state index contributed by atoms with van der Waals surface area (Å²) in [7, 11) is 0. The van der Waals surface area contributed by atoms with Gasteiger partial charge in [0.05, 0.1) is 6.10 Å². The molecule has 4 heteroatoms. The molecule has 2 aliphatic carbocycles. The Morgan fingerprint density at radius 1 is 1.30 bits per heavy atom. The molecule has 2 fully saturated rings. The van der Waals surface area contributed by atoms with Crippen molar-refractivity contribution in [2.24, 2.45) is 5.92 Å². The van der Waals surface area contributed by atoms with Crippen LogP contribution in [0.15, 0.2) is 12.1 Å². The van der Waals surface area contributed by atoms with Crippen LogP contribution in [0.3, 0.4) is 0 Å². The first-order valence-electron chi connectivity index (χ1n) is 7.65. The van der Waals surface area contributed by atoms with Crippen molar-refractivity contribution < 1.29 is 14.9 Å². The zero-order chi connectivity index (χ0) is 13.5. The average Bonchev–Trinajstić information content (AvgIpc) is 2.78. The smallest absolute Gasteiger partial charge is 0.165 e. The van der Waals surface area contributed by atoms with E-state index in [1.807, 2.05) is 6.07 Å². The second-order valence-electron chi connectivity index (χ2n) is 6.79. The van der Waals surface area contributed by atoms with E-state index in [0.717, 1.165) is 32.2 Å². The topological polar surface area (TPSA) is 61.7 Å². The maximum atomic E-state index is 10.5. The molecule has 5 rings (SSSR count). The van der Waals surface area contributed by atoms with Crippen LogP contribution < -0.4 is 10.1 Å². The van der Waals surface area contributed by atoms with Crippen molar-refractivity contribution in [3.05, 3.63) is 23.3 Å². The lowest BCUT2D eigenvalue weighted by Gasteiger charge is -2.56. The zero-order valence-corrected chi connectivity index (χ0v) is 11.3. The number of phenolic OH excluding ortho intramolecular Hbond substituents is 1. The summed E-state index contributed by atoms with van der Waals surface area (Å²) in [5.74, 6) is 1.41. The molecule has 2 bridgehead atoms. The number of nitrogens with one attached hydrogen (secondary N) is 1. The van der Waals surface area contributed by atoms with E-state index < -0.39 is 6.10 Å². The molecule has 5 atom stereocenters. The molecular weight excluding hydrogens is 254 g/mol. The van der Waals surface area contributed by atoms with Crippen molar-refractivity contribution in [3.8, 4) is 11.5 Å². The lowest BCUT2D eigenvalue weighted by atomic mass is 9.52. The van der Waals surface area contributed by atoms with Crippen LogP contribution in [-0.4, -0.2) is 35.0 Å². The Morgan fingerprint density at radius 2 is 2.20 bits per heavy atom. The van der Waals surface area contributed by atoms with Gasteiger partial charge in [-0.05, 0) is 49.8 Å². The number of benzene rings is 1. The number of hydrogen-bond donors (Lipinski definition) is 3. The molecule has 0 unspecified atom stereocenters. The number of phenols is 1. The van der Waals surface area contributed by atoms with Gasteiger partial charge < -0.3 is 20.3 Å². The van der Waals surface area contributed by atoms with Crippen molar-refractivity contribution in [3.63, 3.8) is 0 Å². The summed E-state index contributed by atoms with van der Waals surface area (Å²) in [6, 6.07) is 4.27. The fraction of sp³-hybridized carbons (Fsp3) is 0.625. The van der Waals surface area contributed by atoms with Crippen LogP contribution >= 0.6 is 0 Å². The monoisotopic (exact) mass is 273 g/mol. The van der Waals surface area contributed by atoms with Crippen LogP contribution in [-0.2, 0) is 11.8 Å². The van der Waals surface area contributed by atoms with Gasteiger partial charge in [0.25, 0.3) is 0 Å². The third-order valence-electron chi connectivity index (χ3n) is 6.10. The molecule has 1 saturated carbocycles. The molecule has 1 aromatic rings. The van der Waals surface area contributed by atoms with E-state index in [0.29, 0.717) is 17.7 Å². The average molecular weight is 273 g/mol. The number of aliphatic hydroxyl groups excluding tert-OH is 1. The molecule has 2 heterocycles. The van der Waals surface area contributed by atoms with Crippen LogP contribution in [0, 0.1) is 5.92 Å². The second kappa shape index (κ2) is 3.49. The summed E-state index contributed by atoms with van der Waals surface area (Å²) in [4.78, 5) is 0. The minimum absolute atomic E-state index is 0.0742. The molecule has 0 amide bonds. The molecule has 1 aromatic carbocycles. The van der Waals surface area contributed by atoms with E-state index in [9.17, 15) is 10.2 Å². The highest BCUT2D eigenvalue weighted by molar-refractivity contribution is 5.60. The summed E-state index contributed by atoms with van der Waals surface area (Å²) >= 11 is 0. The first-order valence-corrected chi connectivity index (χ1v) is 7.65. The van der Waals surface area contributed by atoms with E-state index in [4.69, 9.17) is 4.74 Å². The van der Waals surface area contributed by atoms with Crippen molar-refractivity contribution in [1.82, 2.24) is 5.32 Å². The van der Waals surface area contributed by atoms with E-state index in [-0.39, 0.29) is 17.3 Å². The van der Waals surface area contributed by atoms with Gasteiger partial charge in [-0.25, -0.2) is 0 Å². The quantitative estimate of drug-likeness (QED) is 0.662. The van der Waals surface area contributed by atoms with Crippen molar-refractivity contribution >= 4 is 0 Å². The Hall–Kier alpha value is -1.26. The second-order valence-corrected chi connectivity index (χ2v) is 6.79. The van der Waals surface area contributed by atoms with Gasteiger partial charge in [-0.2, -0.15) is 0 Å². The Kier molecular flexibility index (Phi) is 1.99. The van der Waals surface area contributed by atoms with Gasteiger partial charge in [-0.15, -0.1) is 0 Å². The molecule has 1 spiro atoms. The minimum atomic E-state index is -0.414. The standard InChI is InChI=1S/C16H19NO3/c18-11-3-1-8-7-10-9-2-4-12(19)15-16(9,5-6-17-10)13(8)14(11)20-15/h1,3,9-10,12,15,17-19H,2,4-7H2/t9-,10+,12+,15-,16-/m0/s1. The number of aliphatic hydroxyl groups is 1. The minimum Gasteiger partial charge on any atom is -0.504 e. The molecular formula is C16H19NO3. The summed E-state index contributed by atoms with van der Waals surface area (Å²) in [6.45, 7) is 0.974. The van der Waals surface area contributed by atoms with Crippen molar-refractivity contribution in [2.75, 3.05) is 6.54 Å². The zero-order valence-electron chi connectivity index (χ0n) is 11.3. The largest absolute Gasteiger partial charge is 0.504 e. The maximum Gasteiger partial charge on any atom is 0.165 e. The summed E-state index contributed by atoms with van der Waals surface area (Å²) < 4.78 is 6.09. The normalized spacial score (nSPS) is 43.9. The van der Waals surface area contributed by atoms with Crippen LogP contribution in [0.2, 0.25) is 0 Å². The number of ether oxygens (including phenoxy) is 1. The Morgan fingerprint density at radius 3 is 3.10 bits per heavy atom. The highest BCUT2D eigenvalue weighted by Crippen LogP contribution is 2.62. The Labute approximate surface area is 117 Å². The predicted octanol–water partition coefficient (Wildman–Crippen LogP) is 1.08. The van der Waals surface area contributed by atoms with Gasteiger partial charge in [0.15, 0.2) is 11.5 Å². The van der Waals surface area contributed by atoms with Crippen LogP contribution in [0.4, 0.5) is 0 Å². The summed E-state index contributed by atoms with van der Waals surface area (Å²) in [5.41, 5.74) is 2.43. The molecule has 1 saturated heterocycles. The first kappa shape index (κ1) is 11.4. The highest BCUT2D eigenvalue weighted by atomic mass is 16.5. The lowest BCUT2D eigenvalue weighted by Crippen LogP contribution is -2.66. The molecule has 4 aliphatic rings. The molecule has 106 valence electrons. The van der Waals surface area contributed by atoms with Gasteiger partial charge in [0, 0.05) is 17.0 Å². The SMILES string of the molecule is Oc1ccc2c3c1O[C@H]1[C@H](O)CC[C@H]4[C@@H](C2)NCC[C@@]341. The van der Waals surface area contributed by atoms with Gasteiger partial charge >= 0.3 is 0 Å². The van der Waals surface area contributed by atoms with Crippen molar-refractivity contribution in [1.29, 1.82) is 0 Å². The van der Waals surface area contributed by atoms with Gasteiger partial charge in [0.1, 0.15) is 6.10 Å². The lowest BCUT2D eigenvalue weighted by molar-refractivity contribution is -0.0761. The number of rotatable bonds is 0. The molecule has 20 heavy (non-hydrogen) atoms. The summed E-state index contributed by atoms with van der Waals surface area (Å²) in [6.07, 6.45) is 3.28. The van der Waals surface area contributed by atoms with E-state index in [1.165, 1.54) is 11.1 Å². The maximum absolute atomic E-state index is 10.5. The van der Waals surface area contributed by atoms with Crippen LogP contribution in [0.5, 0.6) is 11.5 Å². The number of piperidine rings is 1. The Bertz CT molecular complexity index is 602. The Balaban J connectivity index is 1.83. The third-order valence-corrected chi connectivity index (χ3v) is 6.10. The molecule has 4 nitrogen and oxygen atoms in total. The van der Waals surface area contributed by atoms with Crippen LogP contribution in [0.1, 0.15) is 30.4 Å². The van der Waals surface area contributed by atoms with Gasteiger partial charge in [-0.3, -0.25) is 0 Å². The summed E-state index contributed by atoms with van der Waals surface area (Å²) in [5, 5.41) is 24.3. The van der Waals surface area contributed by atoms with Crippen LogP contribution in [0.25, 0.3) is 0 Å².